The van der Waals surface area contributed by atoms with Crippen molar-refractivity contribution in [1.82, 2.24) is 4.90 Å². The Morgan fingerprint density at radius 2 is 1.50 bits per heavy atom. The number of nitrogens with one attached hydrogen (secondary N) is 2. The number of anilines is 2. The van der Waals surface area contributed by atoms with Crippen LogP contribution in [0.25, 0.3) is 5.70 Å². The average molecular weight is 465 g/mol. The van der Waals surface area contributed by atoms with Crippen LogP contribution in [-0.2, 0) is 11.0 Å². The lowest BCUT2D eigenvalue weighted by Gasteiger charge is -2.17. The number of amides is 3. The summed E-state index contributed by atoms with van der Waals surface area (Å²) in [6, 6.07) is 17.1. The highest BCUT2D eigenvalue weighted by Gasteiger charge is 2.32. The van der Waals surface area contributed by atoms with Gasteiger partial charge in [0.25, 0.3) is 11.8 Å². The fraction of sp³-hybridized carbons (Fsp3) is 0.0800. The van der Waals surface area contributed by atoms with Crippen LogP contribution in [0.1, 0.15) is 31.8 Å². The molecule has 3 aromatic rings. The highest BCUT2D eigenvalue weighted by Crippen LogP contribution is 2.32. The van der Waals surface area contributed by atoms with E-state index in [1.165, 1.54) is 35.2 Å². The van der Waals surface area contributed by atoms with Crippen LogP contribution >= 0.6 is 0 Å². The molecule has 0 fully saturated rings. The normalized spacial score (nSPS) is 13.0. The van der Waals surface area contributed by atoms with Crippen LogP contribution in [0.15, 0.2) is 79.4 Å². The Labute approximate surface area is 192 Å². The average Bonchev–Trinajstić information content (AvgIpc) is 3.04. The minimum Gasteiger partial charge on any atom is -0.325 e. The van der Waals surface area contributed by atoms with Crippen LogP contribution in [0.5, 0.6) is 0 Å². The third kappa shape index (κ3) is 4.68. The number of nitrogens with zero attached hydrogens (tertiary/aromatic N) is 1. The van der Waals surface area contributed by atoms with Gasteiger partial charge in [-0.3, -0.25) is 19.3 Å². The molecule has 3 amide bonds. The van der Waals surface area contributed by atoms with Crippen molar-refractivity contribution in [3.63, 3.8) is 0 Å². The Morgan fingerprint density at radius 3 is 2.18 bits per heavy atom. The molecule has 0 saturated heterocycles. The zero-order valence-electron chi connectivity index (χ0n) is 17.6. The molecule has 0 aliphatic carbocycles. The smallest absolute Gasteiger partial charge is 0.325 e. The molecule has 1 heterocycles. The molecule has 0 atom stereocenters. The largest absolute Gasteiger partial charge is 0.416 e. The minimum absolute atomic E-state index is 0.0140. The van der Waals surface area contributed by atoms with Crippen molar-refractivity contribution in [1.29, 1.82) is 0 Å². The number of hydrogen-bond acceptors (Lipinski definition) is 3. The number of benzene rings is 3. The molecule has 172 valence electrons. The first-order chi connectivity index (χ1) is 16.1. The van der Waals surface area contributed by atoms with E-state index in [-0.39, 0.29) is 29.4 Å². The molecule has 6 nitrogen and oxygen atoms in total. The summed E-state index contributed by atoms with van der Waals surface area (Å²) < 4.78 is 38.7. The monoisotopic (exact) mass is 465 g/mol. The molecule has 4 rings (SSSR count). The Hall–Kier alpha value is -4.40. The molecule has 0 saturated carbocycles. The van der Waals surface area contributed by atoms with Gasteiger partial charge in [0, 0.05) is 33.8 Å². The third-order valence-electron chi connectivity index (χ3n) is 5.20. The summed E-state index contributed by atoms with van der Waals surface area (Å²) in [5, 5.41) is 5.04. The topological polar surface area (TPSA) is 78.5 Å². The van der Waals surface area contributed by atoms with Crippen molar-refractivity contribution in [2.24, 2.45) is 0 Å². The molecule has 34 heavy (non-hydrogen) atoms. The molecule has 2 N–H and O–H groups in total. The molecule has 0 bridgehead atoms. The van der Waals surface area contributed by atoms with E-state index in [2.05, 4.69) is 17.2 Å². The number of alkyl halides is 3. The summed E-state index contributed by atoms with van der Waals surface area (Å²) in [5.74, 6) is -1.48. The fourth-order valence-corrected chi connectivity index (χ4v) is 3.56. The summed E-state index contributed by atoms with van der Waals surface area (Å²) in [7, 11) is 0. The summed E-state index contributed by atoms with van der Waals surface area (Å²) in [6.45, 7) is 3.62. The van der Waals surface area contributed by atoms with Gasteiger partial charge < -0.3 is 10.6 Å². The van der Waals surface area contributed by atoms with Gasteiger partial charge in [-0.1, -0.05) is 36.9 Å². The highest BCUT2D eigenvalue weighted by molar-refractivity contribution is 6.11. The molecule has 0 spiro atoms. The lowest BCUT2D eigenvalue weighted by atomic mass is 10.1. The molecule has 1 aliphatic heterocycles. The van der Waals surface area contributed by atoms with Crippen molar-refractivity contribution in [3.05, 3.63) is 102 Å². The lowest BCUT2D eigenvalue weighted by Crippen LogP contribution is -2.32. The quantitative estimate of drug-likeness (QED) is 0.555. The van der Waals surface area contributed by atoms with Crippen molar-refractivity contribution in [3.8, 4) is 0 Å². The number of rotatable bonds is 5. The molecular weight excluding hydrogens is 447 g/mol. The second-order valence-corrected chi connectivity index (χ2v) is 7.55. The van der Waals surface area contributed by atoms with Gasteiger partial charge in [0.1, 0.15) is 6.54 Å². The molecule has 0 radical (unpaired) electrons. The van der Waals surface area contributed by atoms with Gasteiger partial charge in [-0.2, -0.15) is 13.2 Å². The van der Waals surface area contributed by atoms with E-state index in [0.717, 1.165) is 12.1 Å². The number of hydrogen-bond donors (Lipinski definition) is 2. The predicted molar refractivity (Wildman–Crippen MR) is 121 cm³/mol. The van der Waals surface area contributed by atoms with Crippen molar-refractivity contribution >= 4 is 34.8 Å². The van der Waals surface area contributed by atoms with Crippen LogP contribution in [0.4, 0.5) is 24.5 Å². The molecule has 1 aliphatic rings. The Bertz CT molecular complexity index is 1280. The van der Waals surface area contributed by atoms with Gasteiger partial charge in [0.15, 0.2) is 0 Å². The van der Waals surface area contributed by atoms with E-state index >= 15 is 0 Å². The first-order valence-corrected chi connectivity index (χ1v) is 10.1. The van der Waals surface area contributed by atoms with E-state index in [0.29, 0.717) is 16.8 Å². The van der Waals surface area contributed by atoms with E-state index in [1.807, 2.05) is 0 Å². The number of carbonyl (C=O) groups excluding carboxylic acids is 3. The standard InChI is InChI=1S/C25H18F3N3O3/c1-15-20-10-2-3-11-21(20)24(34)31(15)14-22(32)29-18-8-4-6-16(12-18)23(33)30-19-9-5-7-17(13-19)25(26,27)28/h2-13H,1,14H2,(H,29,32)(H,30,33). The number of fused-ring (bicyclic) bond motifs is 1. The minimum atomic E-state index is -4.53. The Kier molecular flexibility index (Phi) is 5.93. The first-order valence-electron chi connectivity index (χ1n) is 10.1. The predicted octanol–water partition coefficient (Wildman–Crippen LogP) is 5.02. The third-order valence-corrected chi connectivity index (χ3v) is 5.20. The zero-order valence-corrected chi connectivity index (χ0v) is 17.6. The number of carbonyl (C=O) groups is 3. The van der Waals surface area contributed by atoms with Gasteiger partial charge >= 0.3 is 6.18 Å². The zero-order chi connectivity index (χ0) is 24.5. The van der Waals surface area contributed by atoms with Crippen LogP contribution < -0.4 is 10.6 Å². The SMILES string of the molecule is C=C1c2ccccc2C(=O)N1CC(=O)Nc1cccc(C(=O)Nc2cccc(C(F)(F)F)c2)c1. The number of halogens is 3. The van der Waals surface area contributed by atoms with Gasteiger partial charge in [-0.25, -0.2) is 0 Å². The summed E-state index contributed by atoms with van der Waals surface area (Å²) in [4.78, 5) is 38.9. The van der Waals surface area contributed by atoms with Gasteiger partial charge in [0.05, 0.1) is 5.56 Å². The molecular formula is C25H18F3N3O3. The van der Waals surface area contributed by atoms with Crippen molar-refractivity contribution in [2.75, 3.05) is 17.2 Å². The van der Waals surface area contributed by atoms with Crippen LogP contribution in [0.2, 0.25) is 0 Å². The first kappa shape index (κ1) is 22.8. The van der Waals surface area contributed by atoms with Crippen molar-refractivity contribution in [2.45, 2.75) is 6.18 Å². The van der Waals surface area contributed by atoms with E-state index in [1.54, 1.807) is 30.3 Å². The molecule has 3 aromatic carbocycles. The maximum atomic E-state index is 12.9. The summed E-state index contributed by atoms with van der Waals surface area (Å²) >= 11 is 0. The Balaban J connectivity index is 1.42. The van der Waals surface area contributed by atoms with Crippen LogP contribution in [0, 0.1) is 0 Å². The highest BCUT2D eigenvalue weighted by atomic mass is 19.4. The fourth-order valence-electron chi connectivity index (χ4n) is 3.56. The van der Waals surface area contributed by atoms with E-state index in [9.17, 15) is 27.6 Å². The molecule has 9 heteroatoms. The summed E-state index contributed by atoms with van der Waals surface area (Å²) in [5.41, 5.74) is 1.07. The lowest BCUT2D eigenvalue weighted by molar-refractivity contribution is -0.137. The van der Waals surface area contributed by atoms with E-state index in [4.69, 9.17) is 0 Å². The second-order valence-electron chi connectivity index (χ2n) is 7.55. The maximum absolute atomic E-state index is 12.9. The maximum Gasteiger partial charge on any atom is 0.416 e. The Morgan fingerprint density at radius 1 is 0.853 bits per heavy atom. The molecule has 0 unspecified atom stereocenters. The van der Waals surface area contributed by atoms with Crippen molar-refractivity contribution < 1.29 is 27.6 Å². The second kappa shape index (κ2) is 8.86. The molecule has 0 aromatic heterocycles. The van der Waals surface area contributed by atoms with Gasteiger partial charge in [-0.05, 0) is 42.5 Å². The summed E-state index contributed by atoms with van der Waals surface area (Å²) in [6.07, 6.45) is -4.53. The van der Waals surface area contributed by atoms with Crippen LogP contribution in [0.3, 0.4) is 0 Å². The van der Waals surface area contributed by atoms with E-state index < -0.39 is 23.6 Å². The van der Waals surface area contributed by atoms with Gasteiger partial charge in [-0.15, -0.1) is 0 Å². The van der Waals surface area contributed by atoms with Gasteiger partial charge in [0.2, 0.25) is 5.91 Å². The van der Waals surface area contributed by atoms with Crippen LogP contribution in [-0.4, -0.2) is 29.2 Å².